The van der Waals surface area contributed by atoms with Gasteiger partial charge in [0, 0.05) is 30.6 Å². The Bertz CT molecular complexity index is 391. The molecule has 2 N–H and O–H groups in total. The topological polar surface area (TPSA) is 38.5 Å². The van der Waals surface area contributed by atoms with E-state index in [4.69, 9.17) is 10.5 Å². The van der Waals surface area contributed by atoms with Gasteiger partial charge in [0.1, 0.15) is 0 Å². The Morgan fingerprint density at radius 3 is 2.89 bits per heavy atom. The molecule has 2 heterocycles. The molecule has 1 saturated heterocycles. The molecule has 2 fully saturated rings. The second kappa shape index (κ2) is 4.93. The number of hydrogen-bond donors (Lipinski definition) is 1. The molecule has 3 nitrogen and oxygen atoms in total. The molecule has 0 amide bonds. The zero-order chi connectivity index (χ0) is 12.6. The lowest BCUT2D eigenvalue weighted by Crippen LogP contribution is -2.58. The zero-order valence-electron chi connectivity index (χ0n) is 11.0. The maximum absolute atomic E-state index is 6.14. The summed E-state index contributed by atoms with van der Waals surface area (Å²) in [5, 5.41) is 2.16. The number of ether oxygens (including phenoxy) is 1. The summed E-state index contributed by atoms with van der Waals surface area (Å²) >= 11 is 1.84. The summed E-state index contributed by atoms with van der Waals surface area (Å²) in [6, 6.07) is 5.08. The largest absolute Gasteiger partial charge is 0.376 e. The van der Waals surface area contributed by atoms with Gasteiger partial charge >= 0.3 is 0 Å². The van der Waals surface area contributed by atoms with Gasteiger partial charge in [-0.2, -0.15) is 0 Å². The van der Waals surface area contributed by atoms with Crippen LogP contribution in [0.1, 0.15) is 31.1 Å². The maximum atomic E-state index is 6.14. The van der Waals surface area contributed by atoms with Crippen molar-refractivity contribution in [3.05, 3.63) is 22.4 Å². The van der Waals surface area contributed by atoms with Gasteiger partial charge in [0.05, 0.1) is 11.6 Å². The standard InChI is InChI=1S/C14H22N2OS/c1-11-14(10-15,6-7-17-11)16(12-4-5-12)9-13-3-2-8-18-13/h2-3,8,11-12H,4-7,9-10,15H2,1H3. The van der Waals surface area contributed by atoms with Crippen molar-refractivity contribution in [2.75, 3.05) is 13.2 Å². The third-order valence-corrected chi connectivity index (χ3v) is 5.34. The van der Waals surface area contributed by atoms with Crippen LogP contribution in [0.15, 0.2) is 17.5 Å². The van der Waals surface area contributed by atoms with Crippen LogP contribution in [0.4, 0.5) is 0 Å². The lowest BCUT2D eigenvalue weighted by Gasteiger charge is -2.42. The van der Waals surface area contributed by atoms with E-state index < -0.39 is 0 Å². The van der Waals surface area contributed by atoms with Crippen LogP contribution < -0.4 is 5.73 Å². The Kier molecular flexibility index (Phi) is 3.45. The van der Waals surface area contributed by atoms with Crippen molar-refractivity contribution in [1.29, 1.82) is 0 Å². The second-order valence-electron chi connectivity index (χ2n) is 5.51. The molecular formula is C14H22N2OS. The number of nitrogens with two attached hydrogens (primary N) is 1. The van der Waals surface area contributed by atoms with E-state index in [9.17, 15) is 0 Å². The minimum atomic E-state index is 0.0607. The third-order valence-electron chi connectivity index (χ3n) is 4.48. The lowest BCUT2D eigenvalue weighted by molar-refractivity contribution is 0.00485. The Hall–Kier alpha value is -0.420. The van der Waals surface area contributed by atoms with Crippen LogP contribution in [0.3, 0.4) is 0 Å². The molecule has 0 aromatic carbocycles. The Labute approximate surface area is 113 Å². The van der Waals surface area contributed by atoms with Gasteiger partial charge in [-0.1, -0.05) is 6.07 Å². The summed E-state index contributed by atoms with van der Waals surface area (Å²) in [7, 11) is 0. The summed E-state index contributed by atoms with van der Waals surface area (Å²) in [5.41, 5.74) is 6.20. The van der Waals surface area contributed by atoms with Crippen molar-refractivity contribution >= 4 is 11.3 Å². The highest BCUT2D eigenvalue weighted by Crippen LogP contribution is 2.41. The van der Waals surface area contributed by atoms with Crippen LogP contribution in [0.25, 0.3) is 0 Å². The molecular weight excluding hydrogens is 244 g/mol. The quantitative estimate of drug-likeness (QED) is 0.888. The molecule has 1 saturated carbocycles. The van der Waals surface area contributed by atoms with Crippen molar-refractivity contribution in [3.63, 3.8) is 0 Å². The van der Waals surface area contributed by atoms with E-state index in [0.29, 0.717) is 6.54 Å². The highest BCUT2D eigenvalue weighted by atomic mass is 32.1. The van der Waals surface area contributed by atoms with Gasteiger partial charge in [0.2, 0.25) is 0 Å². The van der Waals surface area contributed by atoms with Crippen LogP contribution in [-0.4, -0.2) is 35.7 Å². The monoisotopic (exact) mass is 266 g/mol. The molecule has 3 rings (SSSR count). The fraction of sp³-hybridized carbons (Fsp3) is 0.714. The van der Waals surface area contributed by atoms with E-state index in [2.05, 4.69) is 29.3 Å². The number of rotatable bonds is 5. The molecule has 1 aromatic heterocycles. The first-order valence-electron chi connectivity index (χ1n) is 6.87. The van der Waals surface area contributed by atoms with E-state index in [0.717, 1.165) is 25.6 Å². The predicted octanol–water partition coefficient (Wildman–Crippen LogP) is 2.22. The Morgan fingerprint density at radius 1 is 1.56 bits per heavy atom. The van der Waals surface area contributed by atoms with Crippen LogP contribution in [0.2, 0.25) is 0 Å². The summed E-state index contributed by atoms with van der Waals surface area (Å²) in [6.45, 7) is 4.78. The molecule has 4 heteroatoms. The maximum Gasteiger partial charge on any atom is 0.0744 e. The van der Waals surface area contributed by atoms with Crippen LogP contribution in [0.5, 0.6) is 0 Å². The first-order chi connectivity index (χ1) is 8.76. The molecule has 1 aliphatic heterocycles. The highest BCUT2D eigenvalue weighted by molar-refractivity contribution is 7.09. The molecule has 2 unspecified atom stereocenters. The Morgan fingerprint density at radius 2 is 2.39 bits per heavy atom. The predicted molar refractivity (Wildman–Crippen MR) is 74.7 cm³/mol. The number of thiophene rings is 1. The molecule has 1 aliphatic carbocycles. The minimum Gasteiger partial charge on any atom is -0.376 e. The van der Waals surface area contributed by atoms with Crippen LogP contribution in [-0.2, 0) is 11.3 Å². The molecule has 0 bridgehead atoms. The molecule has 18 heavy (non-hydrogen) atoms. The van der Waals surface area contributed by atoms with Crippen molar-refractivity contribution in [3.8, 4) is 0 Å². The summed E-state index contributed by atoms with van der Waals surface area (Å²) in [6.07, 6.45) is 3.97. The van der Waals surface area contributed by atoms with Gasteiger partial charge < -0.3 is 10.5 Å². The summed E-state index contributed by atoms with van der Waals surface area (Å²) < 4.78 is 5.82. The van der Waals surface area contributed by atoms with Gasteiger partial charge in [-0.3, -0.25) is 4.90 Å². The van der Waals surface area contributed by atoms with Crippen molar-refractivity contribution < 1.29 is 4.74 Å². The van der Waals surface area contributed by atoms with Crippen molar-refractivity contribution in [1.82, 2.24) is 4.90 Å². The molecule has 1 aromatic rings. The average molecular weight is 266 g/mol. The third kappa shape index (κ3) is 2.11. The fourth-order valence-electron chi connectivity index (χ4n) is 3.14. The lowest BCUT2D eigenvalue weighted by atomic mass is 9.89. The van der Waals surface area contributed by atoms with Gasteiger partial charge in [-0.05, 0) is 37.6 Å². The summed E-state index contributed by atoms with van der Waals surface area (Å²) in [5.74, 6) is 0. The highest BCUT2D eigenvalue weighted by Gasteiger charge is 2.50. The first kappa shape index (κ1) is 12.6. The average Bonchev–Trinajstić information content (AvgIpc) is 2.95. The first-order valence-corrected chi connectivity index (χ1v) is 7.75. The van der Waals surface area contributed by atoms with Gasteiger partial charge in [0.15, 0.2) is 0 Å². The molecule has 0 radical (unpaired) electrons. The van der Waals surface area contributed by atoms with E-state index >= 15 is 0 Å². The normalized spacial score (nSPS) is 32.3. The minimum absolute atomic E-state index is 0.0607. The van der Waals surface area contributed by atoms with Crippen molar-refractivity contribution in [2.45, 2.75) is 50.4 Å². The Balaban J connectivity index is 1.83. The van der Waals surface area contributed by atoms with Gasteiger partial charge in [0.25, 0.3) is 0 Å². The molecule has 2 aliphatic rings. The molecule has 100 valence electrons. The second-order valence-corrected chi connectivity index (χ2v) is 6.54. The number of nitrogens with zero attached hydrogens (tertiary/aromatic N) is 1. The van der Waals surface area contributed by atoms with Gasteiger partial charge in [-0.25, -0.2) is 0 Å². The molecule has 0 spiro atoms. The zero-order valence-corrected chi connectivity index (χ0v) is 11.8. The van der Waals surface area contributed by atoms with E-state index in [-0.39, 0.29) is 11.6 Å². The molecule has 2 atom stereocenters. The van der Waals surface area contributed by atoms with E-state index in [1.54, 1.807) is 0 Å². The SMILES string of the molecule is CC1OCCC1(CN)N(Cc1cccs1)C1CC1. The number of hydrogen-bond acceptors (Lipinski definition) is 4. The summed E-state index contributed by atoms with van der Waals surface area (Å²) in [4.78, 5) is 4.07. The smallest absolute Gasteiger partial charge is 0.0744 e. The van der Waals surface area contributed by atoms with E-state index in [1.165, 1.54) is 17.7 Å². The van der Waals surface area contributed by atoms with Gasteiger partial charge in [-0.15, -0.1) is 11.3 Å². The van der Waals surface area contributed by atoms with Crippen LogP contribution in [0, 0.1) is 0 Å². The van der Waals surface area contributed by atoms with Crippen molar-refractivity contribution in [2.24, 2.45) is 5.73 Å². The fourth-order valence-corrected chi connectivity index (χ4v) is 3.84. The van der Waals surface area contributed by atoms with E-state index in [1.807, 2.05) is 11.3 Å². The van der Waals surface area contributed by atoms with Crippen LogP contribution >= 0.6 is 11.3 Å².